The molecule has 0 rings (SSSR count). The fourth-order valence-electron chi connectivity index (χ4n) is 4.99. The highest BCUT2D eigenvalue weighted by atomic mass is 16.6. The maximum absolute atomic E-state index is 12.1. The second-order valence-electron chi connectivity index (χ2n) is 12.0. The molecule has 0 aliphatic heterocycles. The Labute approximate surface area is 260 Å². The summed E-state index contributed by atoms with van der Waals surface area (Å²) in [5, 5.41) is 9.51. The maximum atomic E-state index is 12.1. The third kappa shape index (κ3) is 31.3. The zero-order valence-corrected chi connectivity index (χ0v) is 27.8. The lowest BCUT2D eigenvalue weighted by Crippen LogP contribution is -2.28. The number of hydrogen-bond donors (Lipinski definition) is 1. The summed E-state index contributed by atoms with van der Waals surface area (Å²) in [7, 11) is 0. The lowest BCUT2D eigenvalue weighted by atomic mass is 10.1. The first-order chi connectivity index (χ1) is 20.6. The molecule has 0 saturated carbocycles. The van der Waals surface area contributed by atoms with Gasteiger partial charge in [-0.1, -0.05) is 147 Å². The number of ether oxygens (including phenoxy) is 2. The molecule has 0 fully saturated rings. The van der Waals surface area contributed by atoms with Crippen LogP contribution in [0.25, 0.3) is 0 Å². The minimum absolute atomic E-state index is 0.0654. The largest absolute Gasteiger partial charge is 0.462 e. The van der Waals surface area contributed by atoms with Gasteiger partial charge >= 0.3 is 11.9 Å². The van der Waals surface area contributed by atoms with Crippen LogP contribution in [0.15, 0.2) is 24.3 Å². The van der Waals surface area contributed by atoms with Gasteiger partial charge in [0.25, 0.3) is 0 Å². The van der Waals surface area contributed by atoms with Crippen molar-refractivity contribution in [1.82, 2.24) is 0 Å². The quantitative estimate of drug-likeness (QED) is 0.0478. The zero-order chi connectivity index (χ0) is 30.8. The molecule has 0 spiro atoms. The van der Waals surface area contributed by atoms with Crippen molar-refractivity contribution in [3.8, 4) is 0 Å². The van der Waals surface area contributed by atoms with E-state index in [0.717, 1.165) is 51.4 Å². The van der Waals surface area contributed by atoms with E-state index in [1.807, 2.05) is 0 Å². The number of carbonyl (C=O) groups excluding carboxylic acids is 2. The van der Waals surface area contributed by atoms with E-state index in [0.29, 0.717) is 12.8 Å². The van der Waals surface area contributed by atoms with Crippen LogP contribution in [0.4, 0.5) is 0 Å². The van der Waals surface area contributed by atoms with Crippen LogP contribution in [0.1, 0.15) is 181 Å². The number of carbonyl (C=O) groups is 2. The number of aliphatic hydroxyl groups is 1. The molecular weight excluding hydrogens is 524 g/mol. The Kier molecular flexibility index (Phi) is 32.6. The van der Waals surface area contributed by atoms with Crippen molar-refractivity contribution in [2.24, 2.45) is 0 Å². The topological polar surface area (TPSA) is 72.8 Å². The third-order valence-electron chi connectivity index (χ3n) is 7.75. The van der Waals surface area contributed by atoms with E-state index in [1.165, 1.54) is 103 Å². The summed E-state index contributed by atoms with van der Waals surface area (Å²) >= 11 is 0. The first-order valence-electron chi connectivity index (χ1n) is 17.9. The van der Waals surface area contributed by atoms with Crippen molar-refractivity contribution in [3.05, 3.63) is 24.3 Å². The van der Waals surface area contributed by atoms with Crippen molar-refractivity contribution < 1.29 is 24.2 Å². The van der Waals surface area contributed by atoms with Crippen molar-refractivity contribution >= 4 is 11.9 Å². The van der Waals surface area contributed by atoms with E-state index in [9.17, 15) is 14.7 Å². The average molecular weight is 593 g/mol. The molecule has 0 bridgehead atoms. The molecular formula is C37H68O5. The van der Waals surface area contributed by atoms with Gasteiger partial charge in [0.05, 0.1) is 6.61 Å². The van der Waals surface area contributed by atoms with Crippen LogP contribution in [-0.2, 0) is 19.1 Å². The summed E-state index contributed by atoms with van der Waals surface area (Å²) in [6, 6.07) is 0. The van der Waals surface area contributed by atoms with Crippen molar-refractivity contribution in [2.45, 2.75) is 187 Å². The number of esters is 2. The summed E-state index contributed by atoms with van der Waals surface area (Å²) in [6.07, 6.45) is 38.0. The molecule has 0 amide bonds. The first kappa shape index (κ1) is 40.4. The number of hydrogen-bond acceptors (Lipinski definition) is 5. The normalized spacial score (nSPS) is 12.4. The van der Waals surface area contributed by atoms with Gasteiger partial charge < -0.3 is 14.6 Å². The third-order valence-corrected chi connectivity index (χ3v) is 7.75. The number of allylic oxidation sites excluding steroid dienone is 4. The average Bonchev–Trinajstić information content (AvgIpc) is 2.99. The fourth-order valence-corrected chi connectivity index (χ4v) is 4.99. The van der Waals surface area contributed by atoms with E-state index >= 15 is 0 Å². The molecule has 0 radical (unpaired) electrons. The molecule has 0 saturated heterocycles. The molecule has 246 valence electrons. The minimum Gasteiger partial charge on any atom is -0.462 e. The summed E-state index contributed by atoms with van der Waals surface area (Å²) in [5.74, 6) is -0.597. The van der Waals surface area contributed by atoms with E-state index in [-0.39, 0.29) is 25.2 Å². The standard InChI is InChI=1S/C37H68O5/c1-3-5-7-9-11-13-15-16-17-18-19-20-22-24-26-28-30-32-37(40)42-35(33-38)34-41-36(39)31-29-27-25-23-21-14-12-10-8-6-4-2/h11,13,16-17,35,38H,3-10,12,14-15,18-34H2,1-2H3. The molecule has 5 heteroatoms. The molecule has 1 N–H and O–H groups in total. The number of unbranched alkanes of at least 4 members (excludes halogenated alkanes) is 20. The van der Waals surface area contributed by atoms with Gasteiger partial charge in [-0.3, -0.25) is 9.59 Å². The van der Waals surface area contributed by atoms with Crippen LogP contribution >= 0.6 is 0 Å². The van der Waals surface area contributed by atoms with Gasteiger partial charge in [0.15, 0.2) is 6.10 Å². The second kappa shape index (κ2) is 33.9. The Morgan fingerprint density at radius 1 is 0.548 bits per heavy atom. The lowest BCUT2D eigenvalue weighted by molar-refractivity contribution is -0.161. The molecule has 0 aromatic carbocycles. The highest BCUT2D eigenvalue weighted by Gasteiger charge is 2.16. The lowest BCUT2D eigenvalue weighted by Gasteiger charge is -2.15. The first-order valence-corrected chi connectivity index (χ1v) is 17.9. The molecule has 42 heavy (non-hydrogen) atoms. The SMILES string of the molecule is CCCCCC=CCC=CCCCCCCCCCC(=O)OC(CO)COC(=O)CCCCCCCCCCCCC. The van der Waals surface area contributed by atoms with Crippen LogP contribution < -0.4 is 0 Å². The van der Waals surface area contributed by atoms with Crippen molar-refractivity contribution in [1.29, 1.82) is 0 Å². The summed E-state index contributed by atoms with van der Waals surface area (Å²) in [4.78, 5) is 24.1. The predicted octanol–water partition coefficient (Wildman–Crippen LogP) is 10.7. The Bertz CT molecular complexity index is 642. The molecule has 0 aromatic rings. The van der Waals surface area contributed by atoms with Crippen LogP contribution in [0.2, 0.25) is 0 Å². The van der Waals surface area contributed by atoms with Gasteiger partial charge in [0, 0.05) is 12.8 Å². The molecule has 1 atom stereocenters. The highest BCUT2D eigenvalue weighted by Crippen LogP contribution is 2.13. The zero-order valence-electron chi connectivity index (χ0n) is 27.8. The van der Waals surface area contributed by atoms with Gasteiger partial charge in [-0.2, -0.15) is 0 Å². The van der Waals surface area contributed by atoms with Crippen LogP contribution in [0, 0.1) is 0 Å². The maximum Gasteiger partial charge on any atom is 0.306 e. The number of aliphatic hydroxyl groups excluding tert-OH is 1. The monoisotopic (exact) mass is 593 g/mol. The summed E-state index contributed by atoms with van der Waals surface area (Å²) < 4.78 is 10.6. The molecule has 0 aromatic heterocycles. The predicted molar refractivity (Wildman–Crippen MR) is 178 cm³/mol. The second-order valence-corrected chi connectivity index (χ2v) is 12.0. The Balaban J connectivity index is 3.57. The Hall–Kier alpha value is -1.62. The Morgan fingerprint density at radius 3 is 1.45 bits per heavy atom. The van der Waals surface area contributed by atoms with Gasteiger partial charge in [-0.25, -0.2) is 0 Å². The molecule has 0 aliphatic rings. The van der Waals surface area contributed by atoms with E-state index in [4.69, 9.17) is 9.47 Å². The van der Waals surface area contributed by atoms with E-state index in [2.05, 4.69) is 38.2 Å². The van der Waals surface area contributed by atoms with Gasteiger partial charge in [-0.05, 0) is 44.9 Å². The van der Waals surface area contributed by atoms with E-state index in [1.54, 1.807) is 0 Å². The number of rotatable bonds is 32. The smallest absolute Gasteiger partial charge is 0.306 e. The Morgan fingerprint density at radius 2 is 0.952 bits per heavy atom. The van der Waals surface area contributed by atoms with Gasteiger partial charge in [0.1, 0.15) is 6.61 Å². The van der Waals surface area contributed by atoms with Crippen molar-refractivity contribution in [3.63, 3.8) is 0 Å². The van der Waals surface area contributed by atoms with Crippen LogP contribution in [-0.4, -0.2) is 36.4 Å². The van der Waals surface area contributed by atoms with Crippen LogP contribution in [0.3, 0.4) is 0 Å². The molecule has 0 aliphatic carbocycles. The van der Waals surface area contributed by atoms with Crippen LogP contribution in [0.5, 0.6) is 0 Å². The van der Waals surface area contributed by atoms with Gasteiger partial charge in [0.2, 0.25) is 0 Å². The van der Waals surface area contributed by atoms with Gasteiger partial charge in [-0.15, -0.1) is 0 Å². The minimum atomic E-state index is -0.769. The molecule has 5 nitrogen and oxygen atoms in total. The summed E-state index contributed by atoms with van der Waals surface area (Å²) in [6.45, 7) is 4.09. The molecule has 0 heterocycles. The fraction of sp³-hybridized carbons (Fsp3) is 0.838. The highest BCUT2D eigenvalue weighted by molar-refractivity contribution is 5.70. The summed E-state index contributed by atoms with van der Waals surface area (Å²) in [5.41, 5.74) is 0. The molecule has 1 unspecified atom stereocenters. The van der Waals surface area contributed by atoms with Crippen molar-refractivity contribution in [2.75, 3.05) is 13.2 Å². The van der Waals surface area contributed by atoms with E-state index < -0.39 is 6.10 Å².